The van der Waals surface area contributed by atoms with Crippen LogP contribution in [0.1, 0.15) is 45.9 Å². The van der Waals surface area contributed by atoms with Crippen LogP contribution in [0.4, 0.5) is 5.00 Å². The van der Waals surface area contributed by atoms with Crippen molar-refractivity contribution in [3.8, 4) is 0 Å². The number of hydrogen-bond acceptors (Lipinski definition) is 3. The van der Waals surface area contributed by atoms with Crippen LogP contribution in [0.2, 0.25) is 0 Å². The molecule has 0 fully saturated rings. The molecule has 2 heterocycles. The molecule has 1 amide bonds. The van der Waals surface area contributed by atoms with Gasteiger partial charge in [-0.3, -0.25) is 4.79 Å². The van der Waals surface area contributed by atoms with E-state index in [0.29, 0.717) is 5.92 Å². The highest BCUT2D eigenvalue weighted by Gasteiger charge is 2.33. The summed E-state index contributed by atoms with van der Waals surface area (Å²) in [6.07, 6.45) is 3.14. The van der Waals surface area contributed by atoms with E-state index in [1.54, 1.807) is 11.3 Å². The molecule has 5 rings (SSSR count). The van der Waals surface area contributed by atoms with Crippen molar-refractivity contribution >= 4 is 33.0 Å². The van der Waals surface area contributed by atoms with Crippen LogP contribution in [0, 0.1) is 5.92 Å². The average molecular weight is 348 g/mol. The van der Waals surface area contributed by atoms with E-state index < -0.39 is 0 Å². The van der Waals surface area contributed by atoms with E-state index in [9.17, 15) is 4.79 Å². The first-order chi connectivity index (χ1) is 12.2. The van der Waals surface area contributed by atoms with Crippen LogP contribution in [0.15, 0.2) is 42.5 Å². The zero-order valence-corrected chi connectivity index (χ0v) is 15.0. The highest BCUT2D eigenvalue weighted by Crippen LogP contribution is 2.42. The SMILES string of the molecule is CC1CCc2c(sc3c2C(=O)NC(c2ccc4ccccc4c2)N3)C1. The number of hydrogen-bond donors (Lipinski definition) is 2. The van der Waals surface area contributed by atoms with Crippen molar-refractivity contribution in [2.24, 2.45) is 5.92 Å². The van der Waals surface area contributed by atoms with Gasteiger partial charge in [-0.15, -0.1) is 11.3 Å². The Morgan fingerprint density at radius 2 is 1.92 bits per heavy atom. The fraction of sp³-hybridized carbons (Fsp3) is 0.286. The number of carbonyl (C=O) groups is 1. The molecular weight excluding hydrogens is 328 g/mol. The van der Waals surface area contributed by atoms with Gasteiger partial charge in [0, 0.05) is 4.88 Å². The smallest absolute Gasteiger partial charge is 0.256 e. The van der Waals surface area contributed by atoms with Gasteiger partial charge in [-0.2, -0.15) is 0 Å². The van der Waals surface area contributed by atoms with Gasteiger partial charge < -0.3 is 10.6 Å². The van der Waals surface area contributed by atoms with Crippen LogP contribution < -0.4 is 10.6 Å². The average Bonchev–Trinajstić information content (AvgIpc) is 2.99. The minimum absolute atomic E-state index is 0.0685. The number of carbonyl (C=O) groups excluding carboxylic acids is 1. The molecule has 1 aliphatic heterocycles. The standard InChI is InChI=1S/C21H20N2OS/c1-12-6-9-16-17(10-12)25-21-18(16)20(24)22-19(23-21)15-8-7-13-4-2-3-5-14(13)11-15/h2-5,7-8,11-12,19,23H,6,9-10H2,1H3,(H,22,24). The quantitative estimate of drug-likeness (QED) is 0.658. The fourth-order valence-corrected chi connectivity index (χ4v) is 5.45. The molecule has 2 N–H and O–H groups in total. The maximum atomic E-state index is 12.8. The van der Waals surface area contributed by atoms with Crippen LogP contribution >= 0.6 is 11.3 Å². The second kappa shape index (κ2) is 5.60. The van der Waals surface area contributed by atoms with Gasteiger partial charge in [0.1, 0.15) is 11.2 Å². The Bertz CT molecular complexity index is 991. The first kappa shape index (κ1) is 15.0. The molecule has 1 aliphatic carbocycles. The third-order valence-electron chi connectivity index (χ3n) is 5.40. The van der Waals surface area contributed by atoms with Gasteiger partial charge in [0.15, 0.2) is 0 Å². The van der Waals surface area contributed by atoms with Crippen molar-refractivity contribution in [1.29, 1.82) is 0 Å². The number of rotatable bonds is 1. The fourth-order valence-electron chi connectivity index (χ4n) is 4.02. The Kier molecular flexibility index (Phi) is 3.35. The zero-order valence-electron chi connectivity index (χ0n) is 14.1. The topological polar surface area (TPSA) is 41.1 Å². The molecule has 2 aromatic carbocycles. The van der Waals surface area contributed by atoms with E-state index in [1.165, 1.54) is 27.6 Å². The second-order valence-electron chi connectivity index (χ2n) is 7.21. The maximum absolute atomic E-state index is 12.8. The first-order valence-electron chi connectivity index (χ1n) is 8.89. The Labute approximate surface area is 151 Å². The molecule has 0 spiro atoms. The van der Waals surface area contributed by atoms with Crippen LogP contribution in [0.5, 0.6) is 0 Å². The van der Waals surface area contributed by atoms with Crippen molar-refractivity contribution in [2.75, 3.05) is 5.32 Å². The highest BCUT2D eigenvalue weighted by molar-refractivity contribution is 7.16. The van der Waals surface area contributed by atoms with E-state index in [4.69, 9.17) is 0 Å². The summed E-state index contributed by atoms with van der Waals surface area (Å²) in [7, 11) is 0. The van der Waals surface area contributed by atoms with Gasteiger partial charge in [0.05, 0.1) is 5.56 Å². The largest absolute Gasteiger partial charge is 0.353 e. The van der Waals surface area contributed by atoms with E-state index >= 15 is 0 Å². The van der Waals surface area contributed by atoms with Crippen LogP contribution in [-0.4, -0.2) is 5.91 Å². The number of benzene rings is 2. The van der Waals surface area contributed by atoms with Crippen LogP contribution in [0.25, 0.3) is 10.8 Å². The van der Waals surface area contributed by atoms with Gasteiger partial charge in [0.25, 0.3) is 5.91 Å². The minimum Gasteiger partial charge on any atom is -0.353 e. The molecule has 0 saturated carbocycles. The minimum atomic E-state index is -0.165. The number of amides is 1. The molecular formula is C21H20N2OS. The Morgan fingerprint density at radius 3 is 2.80 bits per heavy atom. The number of anilines is 1. The van der Waals surface area contributed by atoms with Crippen molar-refractivity contribution < 1.29 is 4.79 Å². The first-order valence-corrected chi connectivity index (χ1v) is 9.71. The predicted octanol–water partition coefficient (Wildman–Crippen LogP) is 4.88. The van der Waals surface area contributed by atoms with Gasteiger partial charge >= 0.3 is 0 Å². The Balaban J connectivity index is 1.52. The molecule has 2 unspecified atom stereocenters. The molecule has 126 valence electrons. The van der Waals surface area contributed by atoms with E-state index in [2.05, 4.69) is 47.9 Å². The maximum Gasteiger partial charge on any atom is 0.256 e. The van der Waals surface area contributed by atoms with Crippen molar-refractivity contribution in [3.63, 3.8) is 0 Å². The monoisotopic (exact) mass is 348 g/mol. The summed E-state index contributed by atoms with van der Waals surface area (Å²) < 4.78 is 0. The molecule has 0 saturated heterocycles. The molecule has 25 heavy (non-hydrogen) atoms. The zero-order chi connectivity index (χ0) is 17.0. The predicted molar refractivity (Wildman–Crippen MR) is 103 cm³/mol. The summed E-state index contributed by atoms with van der Waals surface area (Å²) >= 11 is 1.78. The number of thiophene rings is 1. The second-order valence-corrected chi connectivity index (χ2v) is 8.32. The summed E-state index contributed by atoms with van der Waals surface area (Å²) in [6, 6.07) is 14.7. The van der Waals surface area contributed by atoms with Crippen molar-refractivity contribution in [1.82, 2.24) is 5.32 Å². The summed E-state index contributed by atoms with van der Waals surface area (Å²) in [5.41, 5.74) is 3.27. The van der Waals surface area contributed by atoms with Gasteiger partial charge in [0.2, 0.25) is 0 Å². The van der Waals surface area contributed by atoms with Crippen LogP contribution in [0.3, 0.4) is 0 Å². The van der Waals surface area contributed by atoms with E-state index in [-0.39, 0.29) is 12.1 Å². The summed E-state index contributed by atoms with van der Waals surface area (Å²) in [5.74, 6) is 0.783. The van der Waals surface area contributed by atoms with Gasteiger partial charge in [-0.25, -0.2) is 0 Å². The highest BCUT2D eigenvalue weighted by atomic mass is 32.1. The Morgan fingerprint density at radius 1 is 1.08 bits per heavy atom. The normalized spacial score (nSPS) is 22.0. The number of fused-ring (bicyclic) bond motifs is 4. The molecule has 3 nitrogen and oxygen atoms in total. The summed E-state index contributed by atoms with van der Waals surface area (Å²) in [6.45, 7) is 2.30. The van der Waals surface area contributed by atoms with E-state index in [0.717, 1.165) is 29.0 Å². The molecule has 1 aromatic heterocycles. The lowest BCUT2D eigenvalue weighted by molar-refractivity contribution is 0.0935. The Hall–Kier alpha value is -2.33. The molecule has 2 atom stereocenters. The molecule has 2 aliphatic rings. The van der Waals surface area contributed by atoms with Crippen LogP contribution in [-0.2, 0) is 12.8 Å². The summed E-state index contributed by atoms with van der Waals surface area (Å²) in [5, 5.41) is 10.2. The molecule has 3 aromatic rings. The van der Waals surface area contributed by atoms with E-state index in [1.807, 2.05) is 12.1 Å². The summed E-state index contributed by atoms with van der Waals surface area (Å²) in [4.78, 5) is 14.2. The lowest BCUT2D eigenvalue weighted by Crippen LogP contribution is -2.38. The van der Waals surface area contributed by atoms with Gasteiger partial charge in [-0.05, 0) is 53.1 Å². The lowest BCUT2D eigenvalue weighted by atomic mass is 9.88. The molecule has 0 bridgehead atoms. The van der Waals surface area contributed by atoms with Crippen molar-refractivity contribution in [3.05, 3.63) is 64.0 Å². The third-order valence-corrected chi connectivity index (χ3v) is 6.58. The lowest BCUT2D eigenvalue weighted by Gasteiger charge is -2.27. The molecule has 4 heteroatoms. The molecule has 0 radical (unpaired) electrons. The van der Waals surface area contributed by atoms with Crippen molar-refractivity contribution in [2.45, 2.75) is 32.4 Å². The third kappa shape index (κ3) is 2.44. The van der Waals surface area contributed by atoms with Gasteiger partial charge in [-0.1, -0.05) is 43.3 Å². The number of nitrogens with one attached hydrogen (secondary N) is 2.